The van der Waals surface area contributed by atoms with Crippen LogP contribution in [0.4, 0.5) is 0 Å². The van der Waals surface area contributed by atoms with E-state index in [1.54, 1.807) is 12.1 Å². The highest BCUT2D eigenvalue weighted by Gasteiger charge is 2.14. The van der Waals surface area contributed by atoms with Crippen molar-refractivity contribution >= 4 is 11.6 Å². The van der Waals surface area contributed by atoms with Crippen molar-refractivity contribution in [2.24, 2.45) is 0 Å². The lowest BCUT2D eigenvalue weighted by atomic mass is 9.99. The fraction of sp³-hybridized carbons (Fsp3) is 0.462. The third kappa shape index (κ3) is 7.92. The highest BCUT2D eigenvalue weighted by Crippen LogP contribution is 2.32. The van der Waals surface area contributed by atoms with Crippen molar-refractivity contribution in [3.8, 4) is 22.6 Å². The highest BCUT2D eigenvalue weighted by atomic mass is 16.6. The summed E-state index contributed by atoms with van der Waals surface area (Å²) in [5.74, 6) is 0.789. The molecule has 8 heteroatoms. The summed E-state index contributed by atoms with van der Waals surface area (Å²) in [7, 11) is 0. The van der Waals surface area contributed by atoms with E-state index in [-0.39, 0.29) is 11.6 Å². The van der Waals surface area contributed by atoms with E-state index >= 15 is 0 Å². The lowest BCUT2D eigenvalue weighted by molar-refractivity contribution is -0.00702. The van der Waals surface area contributed by atoms with Crippen molar-refractivity contribution in [3.63, 3.8) is 0 Å². The molecule has 0 saturated carbocycles. The van der Waals surface area contributed by atoms with Gasteiger partial charge in [-0.05, 0) is 49.2 Å². The third-order valence-corrected chi connectivity index (χ3v) is 5.14. The summed E-state index contributed by atoms with van der Waals surface area (Å²) in [5.41, 5.74) is 2.67. The molecule has 8 nitrogen and oxygen atoms in total. The first-order valence-electron chi connectivity index (χ1n) is 11.4. The standard InChI is InChI=1S/C26H32O8/c1-19(27)23-5-3-21-17-25(23)33-15-13-31-11-9-29-7-8-30-10-12-32-14-16-34-26-18-22(21)4-6-24(26)20(2)28/h3-6,17-18H,7-16H2,1-2H3. The number of carbonyl (C=O) groups excluding carboxylic acids is 2. The van der Waals surface area contributed by atoms with Gasteiger partial charge in [-0.25, -0.2) is 0 Å². The summed E-state index contributed by atoms with van der Waals surface area (Å²) < 4.78 is 33.8. The number of hydrogen-bond donors (Lipinski definition) is 0. The summed E-state index contributed by atoms with van der Waals surface area (Å²) in [4.78, 5) is 24.2. The minimum Gasteiger partial charge on any atom is -0.490 e. The van der Waals surface area contributed by atoms with Crippen molar-refractivity contribution in [1.29, 1.82) is 0 Å². The van der Waals surface area contributed by atoms with Gasteiger partial charge in [0.15, 0.2) is 11.6 Å². The van der Waals surface area contributed by atoms with Crippen molar-refractivity contribution in [1.82, 2.24) is 0 Å². The largest absolute Gasteiger partial charge is 0.490 e. The minimum atomic E-state index is -0.0875. The summed E-state index contributed by atoms with van der Waals surface area (Å²) >= 11 is 0. The first-order valence-corrected chi connectivity index (χ1v) is 11.4. The smallest absolute Gasteiger partial charge is 0.163 e. The Bertz CT molecular complexity index is 878. The SMILES string of the molecule is CC(=O)c1ccc2cc1OCCOCCOCCOCCOCCOc1cc-2ccc1C(C)=O. The monoisotopic (exact) mass is 472 g/mol. The van der Waals surface area contributed by atoms with Gasteiger partial charge in [-0.15, -0.1) is 0 Å². The predicted octanol–water partition coefficient (Wildman–Crippen LogP) is 3.60. The van der Waals surface area contributed by atoms with Gasteiger partial charge in [-0.3, -0.25) is 9.59 Å². The summed E-state index contributed by atoms with van der Waals surface area (Å²) in [6.45, 7) is 7.09. The lowest BCUT2D eigenvalue weighted by Crippen LogP contribution is -2.15. The molecule has 1 aliphatic rings. The van der Waals surface area contributed by atoms with Gasteiger partial charge in [0.2, 0.25) is 0 Å². The van der Waals surface area contributed by atoms with E-state index in [1.807, 2.05) is 24.3 Å². The minimum absolute atomic E-state index is 0.0875. The van der Waals surface area contributed by atoms with Crippen LogP contribution in [0.25, 0.3) is 11.1 Å². The molecule has 4 bridgehead atoms. The van der Waals surface area contributed by atoms with E-state index < -0.39 is 0 Å². The number of ketones is 2. The summed E-state index contributed by atoms with van der Waals surface area (Å²) in [5, 5.41) is 0. The molecule has 0 aliphatic carbocycles. The molecule has 0 atom stereocenters. The number of rotatable bonds is 2. The van der Waals surface area contributed by atoms with Crippen LogP contribution in [0.5, 0.6) is 11.5 Å². The van der Waals surface area contributed by atoms with Gasteiger partial charge in [0.05, 0.1) is 64.0 Å². The predicted molar refractivity (Wildman–Crippen MR) is 126 cm³/mol. The molecule has 1 aliphatic heterocycles. The normalized spacial score (nSPS) is 16.8. The van der Waals surface area contributed by atoms with E-state index in [0.29, 0.717) is 88.7 Å². The van der Waals surface area contributed by atoms with Crippen molar-refractivity contribution < 1.29 is 38.0 Å². The van der Waals surface area contributed by atoms with Crippen LogP contribution in [0.1, 0.15) is 34.6 Å². The maximum atomic E-state index is 12.1. The second-order valence-electron chi connectivity index (χ2n) is 7.68. The number of fused-ring (bicyclic) bond motifs is 5. The van der Waals surface area contributed by atoms with E-state index in [0.717, 1.165) is 11.1 Å². The van der Waals surface area contributed by atoms with Gasteiger partial charge in [0.1, 0.15) is 24.7 Å². The van der Waals surface area contributed by atoms with Crippen LogP contribution in [-0.4, -0.2) is 77.6 Å². The van der Waals surface area contributed by atoms with Crippen LogP contribution in [-0.2, 0) is 18.9 Å². The third-order valence-electron chi connectivity index (χ3n) is 5.14. The van der Waals surface area contributed by atoms with Crippen molar-refractivity contribution in [2.45, 2.75) is 13.8 Å². The Labute approximate surface area is 200 Å². The van der Waals surface area contributed by atoms with Gasteiger partial charge < -0.3 is 28.4 Å². The molecule has 0 aromatic heterocycles. The molecule has 0 amide bonds. The van der Waals surface area contributed by atoms with E-state index in [4.69, 9.17) is 28.4 Å². The lowest BCUT2D eigenvalue weighted by Gasteiger charge is -2.15. The molecular formula is C26H32O8. The molecule has 34 heavy (non-hydrogen) atoms. The number of Topliss-reactive ketones (excluding diaryl/α,β-unsaturated/α-hetero) is 2. The number of carbonyl (C=O) groups is 2. The molecular weight excluding hydrogens is 440 g/mol. The maximum Gasteiger partial charge on any atom is 0.163 e. The summed E-state index contributed by atoms with van der Waals surface area (Å²) in [6.07, 6.45) is 0. The Kier molecular flexibility index (Phi) is 10.5. The molecule has 0 N–H and O–H groups in total. The Morgan fingerprint density at radius 1 is 0.529 bits per heavy atom. The Morgan fingerprint density at radius 2 is 0.853 bits per heavy atom. The molecule has 2 aromatic rings. The molecule has 3 rings (SSSR count). The molecule has 2 aromatic carbocycles. The van der Waals surface area contributed by atoms with Crippen LogP contribution >= 0.6 is 0 Å². The molecule has 0 saturated heterocycles. The highest BCUT2D eigenvalue weighted by molar-refractivity contribution is 5.98. The van der Waals surface area contributed by atoms with Gasteiger partial charge in [-0.2, -0.15) is 0 Å². The number of ether oxygens (including phenoxy) is 6. The molecule has 0 fully saturated rings. The quantitative estimate of drug-likeness (QED) is 0.613. The molecule has 0 spiro atoms. The Hall–Kier alpha value is -2.78. The average molecular weight is 473 g/mol. The zero-order chi connectivity index (χ0) is 24.2. The molecule has 184 valence electrons. The fourth-order valence-electron chi connectivity index (χ4n) is 3.41. The fourth-order valence-corrected chi connectivity index (χ4v) is 3.41. The van der Waals surface area contributed by atoms with Crippen LogP contribution in [0, 0.1) is 0 Å². The van der Waals surface area contributed by atoms with Gasteiger partial charge in [0.25, 0.3) is 0 Å². The van der Waals surface area contributed by atoms with Gasteiger partial charge in [-0.1, -0.05) is 12.1 Å². The van der Waals surface area contributed by atoms with Crippen LogP contribution in [0.3, 0.4) is 0 Å². The average Bonchev–Trinajstić information content (AvgIpc) is 2.82. The zero-order valence-corrected chi connectivity index (χ0v) is 19.8. The van der Waals surface area contributed by atoms with Gasteiger partial charge >= 0.3 is 0 Å². The number of hydrogen-bond acceptors (Lipinski definition) is 8. The maximum absolute atomic E-state index is 12.1. The van der Waals surface area contributed by atoms with Gasteiger partial charge in [0, 0.05) is 0 Å². The molecule has 1 heterocycles. The first-order chi connectivity index (χ1) is 16.6. The number of benzene rings is 2. The zero-order valence-electron chi connectivity index (χ0n) is 19.8. The topological polar surface area (TPSA) is 89.5 Å². The molecule has 0 unspecified atom stereocenters. The van der Waals surface area contributed by atoms with E-state index in [1.165, 1.54) is 13.8 Å². The van der Waals surface area contributed by atoms with Crippen molar-refractivity contribution in [3.05, 3.63) is 47.5 Å². The van der Waals surface area contributed by atoms with Crippen LogP contribution < -0.4 is 9.47 Å². The van der Waals surface area contributed by atoms with Crippen molar-refractivity contribution in [2.75, 3.05) is 66.1 Å². The van der Waals surface area contributed by atoms with E-state index in [2.05, 4.69) is 0 Å². The second kappa shape index (κ2) is 13.8. The van der Waals surface area contributed by atoms with Crippen LogP contribution in [0.2, 0.25) is 0 Å². The summed E-state index contributed by atoms with van der Waals surface area (Å²) in [6, 6.07) is 10.8. The first kappa shape index (κ1) is 25.8. The Balaban J connectivity index is 1.82. The van der Waals surface area contributed by atoms with Crippen LogP contribution in [0.15, 0.2) is 36.4 Å². The molecule has 0 radical (unpaired) electrons. The van der Waals surface area contributed by atoms with E-state index in [9.17, 15) is 9.59 Å². The Morgan fingerprint density at radius 3 is 1.18 bits per heavy atom. The second-order valence-corrected chi connectivity index (χ2v) is 7.68.